The van der Waals surface area contributed by atoms with Gasteiger partial charge in [-0.1, -0.05) is 6.07 Å². The number of rotatable bonds is 9. The summed E-state index contributed by atoms with van der Waals surface area (Å²) in [6, 6.07) is 14.2. The third-order valence-electron chi connectivity index (χ3n) is 5.24. The van der Waals surface area contributed by atoms with Gasteiger partial charge in [-0.3, -0.25) is 4.79 Å². The monoisotopic (exact) mass is 490 g/mol. The van der Waals surface area contributed by atoms with E-state index in [-0.39, 0.29) is 36.8 Å². The van der Waals surface area contributed by atoms with Crippen molar-refractivity contribution in [3.05, 3.63) is 77.5 Å². The molecule has 0 fully saturated rings. The Morgan fingerprint density at radius 2 is 1.80 bits per heavy atom. The van der Waals surface area contributed by atoms with Crippen molar-refractivity contribution in [1.82, 2.24) is 9.88 Å². The van der Waals surface area contributed by atoms with Crippen molar-refractivity contribution in [3.8, 4) is 22.8 Å². The van der Waals surface area contributed by atoms with Crippen molar-refractivity contribution < 1.29 is 38.0 Å². The molecule has 1 heterocycles. The van der Waals surface area contributed by atoms with Crippen molar-refractivity contribution in [3.63, 3.8) is 0 Å². The lowest BCUT2D eigenvalue weighted by Gasteiger charge is -2.22. The highest BCUT2D eigenvalue weighted by molar-refractivity contribution is 5.97. The van der Waals surface area contributed by atoms with Crippen LogP contribution < -0.4 is 4.74 Å². The molecule has 2 aromatic carbocycles. The Kier molecular flexibility index (Phi) is 8.44. The summed E-state index contributed by atoms with van der Waals surface area (Å²) in [5.41, 5.74) is 0.260. The first kappa shape index (κ1) is 26.1. The van der Waals surface area contributed by atoms with E-state index in [4.69, 9.17) is 9.84 Å². The van der Waals surface area contributed by atoms with Crippen LogP contribution in [-0.4, -0.2) is 57.4 Å². The van der Waals surface area contributed by atoms with Crippen LogP contribution in [0.4, 0.5) is 13.2 Å². The molecular weight excluding hydrogens is 465 g/mol. The fraction of sp³-hybridized carbons (Fsp3) is 0.280. The summed E-state index contributed by atoms with van der Waals surface area (Å²) in [6.07, 6.45) is -5.75. The summed E-state index contributed by atoms with van der Waals surface area (Å²) < 4.78 is 45.6. The zero-order valence-corrected chi connectivity index (χ0v) is 18.9. The number of carbonyl (C=O) groups is 1. The SMILES string of the molecule is CCN(CCO)C(=O)c1cc(C(F)(F)F)ccc1Oc1ccc(-c2cccc(C(O)CO)n2)cc1. The zero-order valence-electron chi connectivity index (χ0n) is 18.9. The van der Waals surface area contributed by atoms with E-state index in [1.807, 2.05) is 0 Å². The van der Waals surface area contributed by atoms with Crippen LogP contribution in [-0.2, 0) is 6.18 Å². The number of aliphatic hydroxyl groups excluding tert-OH is 3. The van der Waals surface area contributed by atoms with Crippen LogP contribution in [0.25, 0.3) is 11.3 Å². The van der Waals surface area contributed by atoms with Gasteiger partial charge >= 0.3 is 6.18 Å². The Hall–Kier alpha value is -3.47. The molecule has 1 amide bonds. The lowest BCUT2D eigenvalue weighted by molar-refractivity contribution is -0.137. The van der Waals surface area contributed by atoms with Gasteiger partial charge in [0.15, 0.2) is 0 Å². The second kappa shape index (κ2) is 11.3. The Morgan fingerprint density at radius 3 is 2.40 bits per heavy atom. The third kappa shape index (κ3) is 6.36. The normalized spacial score (nSPS) is 12.3. The van der Waals surface area contributed by atoms with Gasteiger partial charge in [-0.15, -0.1) is 0 Å². The second-order valence-electron chi connectivity index (χ2n) is 7.59. The highest BCUT2D eigenvalue weighted by Gasteiger charge is 2.32. The van der Waals surface area contributed by atoms with E-state index in [9.17, 15) is 28.2 Å². The predicted octanol–water partition coefficient (Wildman–Crippen LogP) is 4.04. The van der Waals surface area contributed by atoms with Crippen LogP contribution in [0.1, 0.15) is 34.6 Å². The lowest BCUT2D eigenvalue weighted by atomic mass is 10.1. The number of nitrogens with zero attached hydrogens (tertiary/aromatic N) is 2. The van der Waals surface area contributed by atoms with Crippen molar-refractivity contribution in [2.45, 2.75) is 19.2 Å². The van der Waals surface area contributed by atoms with Crippen LogP contribution in [0.2, 0.25) is 0 Å². The molecule has 3 rings (SSSR count). The lowest BCUT2D eigenvalue weighted by Crippen LogP contribution is -2.33. The second-order valence-corrected chi connectivity index (χ2v) is 7.59. The molecule has 1 aromatic heterocycles. The minimum Gasteiger partial charge on any atom is -0.457 e. The number of pyridine rings is 1. The number of amides is 1. The Labute approximate surface area is 200 Å². The molecule has 0 aliphatic carbocycles. The Bertz CT molecular complexity index is 1150. The summed E-state index contributed by atoms with van der Waals surface area (Å²) in [5.74, 6) is -0.472. The van der Waals surface area contributed by atoms with Gasteiger partial charge in [-0.05, 0) is 61.5 Å². The number of hydrogen-bond acceptors (Lipinski definition) is 6. The molecule has 0 spiro atoms. The predicted molar refractivity (Wildman–Crippen MR) is 122 cm³/mol. The van der Waals surface area contributed by atoms with Crippen LogP contribution in [0.3, 0.4) is 0 Å². The van der Waals surface area contributed by atoms with E-state index in [0.29, 0.717) is 17.0 Å². The highest BCUT2D eigenvalue weighted by atomic mass is 19.4. The Morgan fingerprint density at radius 1 is 1.09 bits per heavy atom. The summed E-state index contributed by atoms with van der Waals surface area (Å²) in [4.78, 5) is 18.5. The van der Waals surface area contributed by atoms with E-state index in [1.165, 1.54) is 4.90 Å². The van der Waals surface area contributed by atoms with Crippen molar-refractivity contribution in [2.24, 2.45) is 0 Å². The summed E-state index contributed by atoms with van der Waals surface area (Å²) in [6.45, 7) is 1.02. The van der Waals surface area contributed by atoms with Crippen LogP contribution in [0.15, 0.2) is 60.7 Å². The number of aromatic nitrogens is 1. The highest BCUT2D eigenvalue weighted by Crippen LogP contribution is 2.35. The molecule has 3 N–H and O–H groups in total. The van der Waals surface area contributed by atoms with Gasteiger partial charge in [0.25, 0.3) is 5.91 Å². The smallest absolute Gasteiger partial charge is 0.416 e. The number of ether oxygens (including phenoxy) is 1. The molecule has 1 atom stereocenters. The maximum absolute atomic E-state index is 13.3. The number of carbonyl (C=O) groups excluding carboxylic acids is 1. The van der Waals surface area contributed by atoms with Gasteiger partial charge in [-0.25, -0.2) is 4.98 Å². The fourth-order valence-corrected chi connectivity index (χ4v) is 3.37. The minimum atomic E-state index is -4.64. The van der Waals surface area contributed by atoms with E-state index in [1.54, 1.807) is 49.4 Å². The van der Waals surface area contributed by atoms with Crippen LogP contribution in [0, 0.1) is 0 Å². The van der Waals surface area contributed by atoms with Crippen molar-refractivity contribution in [2.75, 3.05) is 26.3 Å². The molecule has 1 unspecified atom stereocenters. The molecule has 0 aliphatic heterocycles. The number of likely N-dealkylation sites (N-methyl/N-ethyl adjacent to an activating group) is 1. The zero-order chi connectivity index (χ0) is 25.6. The summed E-state index contributed by atoms with van der Waals surface area (Å²) in [7, 11) is 0. The average molecular weight is 490 g/mol. The Balaban J connectivity index is 1.91. The number of hydrogen-bond donors (Lipinski definition) is 3. The average Bonchev–Trinajstić information content (AvgIpc) is 2.86. The molecule has 186 valence electrons. The first-order valence-corrected chi connectivity index (χ1v) is 10.8. The van der Waals surface area contributed by atoms with E-state index in [0.717, 1.165) is 18.2 Å². The van der Waals surface area contributed by atoms with Gasteiger partial charge in [-0.2, -0.15) is 13.2 Å². The third-order valence-corrected chi connectivity index (χ3v) is 5.24. The maximum atomic E-state index is 13.3. The largest absolute Gasteiger partial charge is 0.457 e. The van der Waals surface area contributed by atoms with Crippen LogP contribution >= 0.6 is 0 Å². The standard InChI is InChI=1S/C25H25F3N2O5/c1-2-30(12-13-31)24(34)19-14-17(25(26,27)28)8-11-23(19)35-18-9-6-16(7-10-18)20-4-3-5-21(29-20)22(33)15-32/h3-11,14,22,31-33H,2,12-13,15H2,1H3. The number of halogens is 3. The maximum Gasteiger partial charge on any atom is 0.416 e. The number of alkyl halides is 3. The molecule has 0 saturated heterocycles. The first-order valence-electron chi connectivity index (χ1n) is 10.8. The topological polar surface area (TPSA) is 103 Å². The molecule has 0 bridgehead atoms. The van der Waals surface area contributed by atoms with E-state index in [2.05, 4.69) is 4.98 Å². The molecular formula is C25H25F3N2O5. The van der Waals surface area contributed by atoms with Gasteiger partial charge in [0.1, 0.15) is 17.6 Å². The molecule has 0 saturated carbocycles. The molecule has 7 nitrogen and oxygen atoms in total. The quantitative estimate of drug-likeness (QED) is 0.418. The van der Waals surface area contributed by atoms with Crippen molar-refractivity contribution >= 4 is 5.91 Å². The van der Waals surface area contributed by atoms with Gasteiger partial charge in [0.05, 0.1) is 35.7 Å². The van der Waals surface area contributed by atoms with Gasteiger partial charge < -0.3 is 25.0 Å². The minimum absolute atomic E-state index is 0.0310. The first-order chi connectivity index (χ1) is 16.7. The molecule has 10 heteroatoms. The van der Waals surface area contributed by atoms with Gasteiger partial charge in [0.2, 0.25) is 0 Å². The number of benzene rings is 2. The molecule has 35 heavy (non-hydrogen) atoms. The van der Waals surface area contributed by atoms with E-state index >= 15 is 0 Å². The summed E-state index contributed by atoms with van der Waals surface area (Å²) in [5, 5.41) is 28.1. The van der Waals surface area contributed by atoms with Crippen LogP contribution in [0.5, 0.6) is 11.5 Å². The molecule has 3 aromatic rings. The van der Waals surface area contributed by atoms with E-state index < -0.39 is 30.4 Å². The van der Waals surface area contributed by atoms with Crippen molar-refractivity contribution in [1.29, 1.82) is 0 Å². The van der Waals surface area contributed by atoms with Gasteiger partial charge in [0, 0.05) is 18.7 Å². The summed E-state index contributed by atoms with van der Waals surface area (Å²) >= 11 is 0. The fourth-order valence-electron chi connectivity index (χ4n) is 3.37. The number of aliphatic hydroxyl groups is 3. The molecule has 0 radical (unpaired) electrons. The molecule has 0 aliphatic rings.